The standard InChI is InChI=1S/C12H14F4N2O2S/c13-10-2-1-3-11(9(10)6-17)21(19,20)18(8-4-5-8)7-12(14,15)16/h1-3,8H,4-7,17H2. The van der Waals surface area contributed by atoms with Crippen LogP contribution >= 0.6 is 0 Å². The lowest BCUT2D eigenvalue weighted by atomic mass is 10.2. The molecule has 0 atom stereocenters. The van der Waals surface area contributed by atoms with Gasteiger partial charge < -0.3 is 5.73 Å². The first kappa shape index (κ1) is 16.2. The summed E-state index contributed by atoms with van der Waals surface area (Å²) in [7, 11) is -4.44. The molecule has 2 rings (SSSR count). The van der Waals surface area contributed by atoms with Crippen LogP contribution in [0.4, 0.5) is 17.6 Å². The van der Waals surface area contributed by atoms with Crippen LogP contribution in [0.3, 0.4) is 0 Å². The zero-order valence-electron chi connectivity index (χ0n) is 10.9. The summed E-state index contributed by atoms with van der Waals surface area (Å²) in [5, 5.41) is 0. The Labute approximate surface area is 119 Å². The molecule has 1 fully saturated rings. The lowest BCUT2D eigenvalue weighted by molar-refractivity contribution is -0.137. The molecule has 0 radical (unpaired) electrons. The van der Waals surface area contributed by atoms with Gasteiger partial charge in [0.05, 0.1) is 4.90 Å². The van der Waals surface area contributed by atoms with Gasteiger partial charge in [-0.15, -0.1) is 0 Å². The second-order valence-corrected chi connectivity index (χ2v) is 6.68. The average Bonchev–Trinajstić information content (AvgIpc) is 3.18. The van der Waals surface area contributed by atoms with Crippen molar-refractivity contribution in [1.82, 2.24) is 4.31 Å². The van der Waals surface area contributed by atoms with Crippen LogP contribution in [0.1, 0.15) is 18.4 Å². The average molecular weight is 326 g/mol. The monoisotopic (exact) mass is 326 g/mol. The van der Waals surface area contributed by atoms with Crippen LogP contribution in [-0.2, 0) is 16.6 Å². The lowest BCUT2D eigenvalue weighted by Crippen LogP contribution is -2.41. The zero-order valence-corrected chi connectivity index (χ0v) is 11.7. The van der Waals surface area contributed by atoms with Gasteiger partial charge in [-0.1, -0.05) is 6.07 Å². The van der Waals surface area contributed by atoms with E-state index in [1.54, 1.807) is 0 Å². The van der Waals surface area contributed by atoms with Crippen molar-refractivity contribution in [3.8, 4) is 0 Å². The third kappa shape index (κ3) is 3.53. The molecule has 0 unspecified atom stereocenters. The first-order chi connectivity index (χ1) is 9.66. The zero-order chi connectivity index (χ0) is 15.8. The molecule has 0 aliphatic heterocycles. The van der Waals surface area contributed by atoms with Gasteiger partial charge in [0.2, 0.25) is 10.0 Å². The Morgan fingerprint density at radius 2 is 1.90 bits per heavy atom. The van der Waals surface area contributed by atoms with Crippen LogP contribution in [0.5, 0.6) is 0 Å². The summed E-state index contributed by atoms with van der Waals surface area (Å²) in [6.07, 6.45) is -3.93. The van der Waals surface area contributed by atoms with Crippen molar-refractivity contribution in [2.75, 3.05) is 6.54 Å². The molecule has 118 valence electrons. The van der Waals surface area contributed by atoms with Crippen LogP contribution in [0.2, 0.25) is 0 Å². The summed E-state index contributed by atoms with van der Waals surface area (Å²) in [6, 6.07) is 2.55. The topological polar surface area (TPSA) is 63.4 Å². The van der Waals surface area contributed by atoms with E-state index in [0.717, 1.165) is 18.2 Å². The normalized spacial score (nSPS) is 16.5. The number of benzene rings is 1. The van der Waals surface area contributed by atoms with E-state index in [9.17, 15) is 26.0 Å². The molecular formula is C12H14F4N2O2S. The maximum atomic E-state index is 13.6. The quantitative estimate of drug-likeness (QED) is 0.842. The van der Waals surface area contributed by atoms with Crippen molar-refractivity contribution in [2.45, 2.75) is 36.5 Å². The van der Waals surface area contributed by atoms with E-state index in [1.807, 2.05) is 0 Å². The van der Waals surface area contributed by atoms with Crippen molar-refractivity contribution in [1.29, 1.82) is 0 Å². The van der Waals surface area contributed by atoms with E-state index < -0.39 is 46.0 Å². The summed E-state index contributed by atoms with van der Waals surface area (Å²) in [6.45, 7) is -1.99. The molecule has 0 saturated heterocycles. The van der Waals surface area contributed by atoms with E-state index in [2.05, 4.69) is 0 Å². The lowest BCUT2D eigenvalue weighted by Gasteiger charge is -2.24. The van der Waals surface area contributed by atoms with Crippen molar-refractivity contribution >= 4 is 10.0 Å². The fraction of sp³-hybridized carbons (Fsp3) is 0.500. The number of hydrogen-bond acceptors (Lipinski definition) is 3. The number of halogens is 4. The Morgan fingerprint density at radius 1 is 1.29 bits per heavy atom. The van der Waals surface area contributed by atoms with E-state index >= 15 is 0 Å². The van der Waals surface area contributed by atoms with Gasteiger partial charge in [-0.2, -0.15) is 17.5 Å². The molecule has 1 aromatic rings. The molecule has 1 aliphatic carbocycles. The molecule has 0 spiro atoms. The first-order valence-electron chi connectivity index (χ1n) is 6.23. The Morgan fingerprint density at radius 3 is 2.38 bits per heavy atom. The van der Waals surface area contributed by atoms with Crippen molar-refractivity contribution in [2.24, 2.45) is 5.73 Å². The Balaban J connectivity index is 2.46. The molecule has 4 nitrogen and oxygen atoms in total. The Bertz CT molecular complexity index is 627. The molecule has 0 bridgehead atoms. The summed E-state index contributed by atoms with van der Waals surface area (Å²) < 4.78 is 76.6. The van der Waals surface area contributed by atoms with Crippen molar-refractivity contribution < 1.29 is 26.0 Å². The summed E-state index contributed by atoms with van der Waals surface area (Å²) in [5.41, 5.74) is 5.02. The smallest absolute Gasteiger partial charge is 0.326 e. The van der Waals surface area contributed by atoms with Crippen LogP contribution in [-0.4, -0.2) is 31.5 Å². The van der Waals surface area contributed by atoms with Crippen molar-refractivity contribution in [3.63, 3.8) is 0 Å². The molecule has 21 heavy (non-hydrogen) atoms. The fourth-order valence-electron chi connectivity index (χ4n) is 2.05. The van der Waals surface area contributed by atoms with E-state index in [4.69, 9.17) is 5.73 Å². The second-order valence-electron chi connectivity index (χ2n) is 4.82. The fourth-order valence-corrected chi connectivity index (χ4v) is 3.97. The first-order valence-corrected chi connectivity index (χ1v) is 7.67. The second kappa shape index (κ2) is 5.54. The number of hydrogen-bond donors (Lipinski definition) is 1. The van der Waals surface area contributed by atoms with E-state index in [0.29, 0.717) is 17.1 Å². The molecule has 0 heterocycles. The number of nitrogens with two attached hydrogens (primary N) is 1. The van der Waals surface area contributed by atoms with Gasteiger partial charge in [0, 0.05) is 18.2 Å². The van der Waals surface area contributed by atoms with Gasteiger partial charge in [-0.05, 0) is 25.0 Å². The third-order valence-electron chi connectivity index (χ3n) is 3.16. The Kier molecular flexibility index (Phi) is 4.27. The summed E-state index contributed by atoms with van der Waals surface area (Å²) in [4.78, 5) is -0.499. The highest BCUT2D eigenvalue weighted by Gasteiger charge is 2.45. The van der Waals surface area contributed by atoms with Crippen LogP contribution < -0.4 is 5.73 Å². The molecule has 1 aliphatic rings. The number of nitrogens with zero attached hydrogens (tertiary/aromatic N) is 1. The van der Waals surface area contributed by atoms with Gasteiger partial charge >= 0.3 is 6.18 Å². The maximum absolute atomic E-state index is 13.6. The van der Waals surface area contributed by atoms with Crippen LogP contribution in [0, 0.1) is 5.82 Å². The van der Waals surface area contributed by atoms with Crippen LogP contribution in [0.15, 0.2) is 23.1 Å². The Hall–Kier alpha value is -1.19. The van der Waals surface area contributed by atoms with Crippen molar-refractivity contribution in [3.05, 3.63) is 29.6 Å². The summed E-state index contributed by atoms with van der Waals surface area (Å²) >= 11 is 0. The van der Waals surface area contributed by atoms with Gasteiger partial charge in [0.1, 0.15) is 12.4 Å². The predicted molar refractivity (Wildman–Crippen MR) is 67.3 cm³/mol. The van der Waals surface area contributed by atoms with Gasteiger partial charge in [-0.25, -0.2) is 12.8 Å². The minimum atomic E-state index is -4.66. The van der Waals surface area contributed by atoms with Gasteiger partial charge in [0.15, 0.2) is 0 Å². The molecular weight excluding hydrogens is 312 g/mol. The molecule has 2 N–H and O–H groups in total. The highest BCUT2D eigenvalue weighted by Crippen LogP contribution is 2.35. The molecule has 9 heteroatoms. The SMILES string of the molecule is NCc1c(F)cccc1S(=O)(=O)N(CC(F)(F)F)C1CC1. The number of alkyl halides is 3. The molecule has 0 amide bonds. The highest BCUT2D eigenvalue weighted by molar-refractivity contribution is 7.89. The predicted octanol–water partition coefficient (Wildman–Crippen LogP) is 2.00. The number of rotatable bonds is 5. The maximum Gasteiger partial charge on any atom is 0.402 e. The van der Waals surface area contributed by atoms with Crippen LogP contribution in [0.25, 0.3) is 0 Å². The molecule has 1 aromatic carbocycles. The van der Waals surface area contributed by atoms with Gasteiger partial charge in [-0.3, -0.25) is 0 Å². The van der Waals surface area contributed by atoms with Gasteiger partial charge in [0.25, 0.3) is 0 Å². The van der Waals surface area contributed by atoms with E-state index in [1.165, 1.54) is 0 Å². The largest absolute Gasteiger partial charge is 0.402 e. The number of sulfonamides is 1. The molecule has 1 saturated carbocycles. The minimum Gasteiger partial charge on any atom is -0.326 e. The van der Waals surface area contributed by atoms with E-state index in [-0.39, 0.29) is 5.56 Å². The molecule has 0 aromatic heterocycles. The highest BCUT2D eigenvalue weighted by atomic mass is 32.2. The minimum absolute atomic E-state index is 0.301. The summed E-state index contributed by atoms with van der Waals surface area (Å²) in [5.74, 6) is -0.846. The third-order valence-corrected chi connectivity index (χ3v) is 5.14.